The summed E-state index contributed by atoms with van der Waals surface area (Å²) in [4.78, 5) is 17.6. The van der Waals surface area contributed by atoms with Gasteiger partial charge in [0.2, 0.25) is 0 Å². The van der Waals surface area contributed by atoms with Crippen molar-refractivity contribution in [1.29, 1.82) is 5.26 Å². The Morgan fingerprint density at radius 1 is 1.12 bits per heavy atom. The number of hydrogen-bond donors (Lipinski definition) is 0. The van der Waals surface area contributed by atoms with E-state index in [1.165, 1.54) is 12.1 Å². The lowest BCUT2D eigenvalue weighted by Crippen LogP contribution is -2.25. The third-order valence-corrected chi connectivity index (χ3v) is 9.15. The Morgan fingerprint density at radius 2 is 1.93 bits per heavy atom. The molecule has 3 aromatic carbocycles. The van der Waals surface area contributed by atoms with Gasteiger partial charge in [-0.05, 0) is 73.0 Å². The molecule has 1 aliphatic heterocycles. The van der Waals surface area contributed by atoms with Crippen LogP contribution in [0, 0.1) is 17.1 Å². The molecule has 0 saturated heterocycles. The number of nitriles is 1. The summed E-state index contributed by atoms with van der Waals surface area (Å²) in [6.07, 6.45) is 4.12. The molecule has 0 N–H and O–H groups in total. The van der Waals surface area contributed by atoms with E-state index in [4.69, 9.17) is 9.40 Å². The minimum Gasteiger partial charge on any atom is -0.593 e. The number of fused-ring (bicyclic) bond motifs is 6. The summed E-state index contributed by atoms with van der Waals surface area (Å²) in [5.74, 6) is -0.0533. The maximum absolute atomic E-state index is 13.6. The highest BCUT2D eigenvalue weighted by Gasteiger charge is 2.25. The first-order chi connectivity index (χ1) is 20.9. The van der Waals surface area contributed by atoms with Crippen LogP contribution in [0.25, 0.3) is 55.8 Å². The molecule has 0 fully saturated rings. The second-order valence-electron chi connectivity index (χ2n) is 10.6. The second-order valence-corrected chi connectivity index (χ2v) is 12.0. The van der Waals surface area contributed by atoms with E-state index in [0.29, 0.717) is 50.4 Å². The number of carbonyl (C=O) groups is 1. The Balaban J connectivity index is 1.46. The summed E-state index contributed by atoms with van der Waals surface area (Å²) in [5.41, 5.74) is 7.81. The van der Waals surface area contributed by atoms with Crippen molar-refractivity contribution in [3.05, 3.63) is 95.3 Å². The van der Waals surface area contributed by atoms with Crippen molar-refractivity contribution in [2.75, 3.05) is 17.6 Å². The van der Waals surface area contributed by atoms with E-state index in [9.17, 15) is 19.0 Å². The lowest BCUT2D eigenvalue weighted by atomic mass is 10.00. The fourth-order valence-corrected chi connectivity index (χ4v) is 6.42. The smallest absolute Gasteiger partial charge is 0.154 e. The van der Waals surface area contributed by atoms with Crippen LogP contribution in [0.1, 0.15) is 27.9 Å². The minimum atomic E-state index is -1.36. The number of hydrogen-bond acceptors (Lipinski definition) is 6. The number of halogens is 1. The monoisotopic (exact) mass is 588 g/mol. The molecule has 0 bridgehead atoms. The molecular weight excluding hydrogens is 563 g/mol. The predicted molar refractivity (Wildman–Crippen MR) is 167 cm³/mol. The summed E-state index contributed by atoms with van der Waals surface area (Å²) in [6, 6.07) is 23.5. The highest BCUT2D eigenvalue weighted by Crippen LogP contribution is 2.42. The van der Waals surface area contributed by atoms with Gasteiger partial charge in [-0.2, -0.15) is 9.57 Å². The molecule has 7 rings (SSSR count). The first-order valence-corrected chi connectivity index (χ1v) is 15.3. The van der Waals surface area contributed by atoms with Gasteiger partial charge in [-0.1, -0.05) is 12.1 Å². The molecule has 0 spiro atoms. The summed E-state index contributed by atoms with van der Waals surface area (Å²) < 4.78 is 36.4. The van der Waals surface area contributed by atoms with E-state index in [0.717, 1.165) is 53.5 Å². The van der Waals surface area contributed by atoms with Gasteiger partial charge in [0, 0.05) is 40.0 Å². The molecule has 1 unspecified atom stereocenters. The third-order valence-electron chi connectivity index (χ3n) is 8.19. The van der Waals surface area contributed by atoms with E-state index in [2.05, 4.69) is 16.7 Å². The average Bonchev–Trinajstić information content (AvgIpc) is 3.52. The molecule has 0 saturated carbocycles. The fraction of sp³-hybridized carbons (Fsp3) is 0.147. The zero-order valence-corrected chi connectivity index (χ0v) is 24.2. The second kappa shape index (κ2) is 10.4. The van der Waals surface area contributed by atoms with Gasteiger partial charge in [-0.25, -0.2) is 9.37 Å². The van der Waals surface area contributed by atoms with Crippen LogP contribution in [0.4, 0.5) is 10.1 Å². The zero-order chi connectivity index (χ0) is 29.8. The summed E-state index contributed by atoms with van der Waals surface area (Å²) in [5, 5.41) is 11.2. The molecule has 4 heterocycles. The molecule has 6 aromatic rings. The van der Waals surface area contributed by atoms with Crippen molar-refractivity contribution < 1.29 is 18.2 Å². The van der Waals surface area contributed by atoms with Gasteiger partial charge in [0.05, 0.1) is 58.4 Å². The number of benzene rings is 3. The van der Waals surface area contributed by atoms with Gasteiger partial charge in [0.15, 0.2) is 6.29 Å². The van der Waals surface area contributed by atoms with Crippen molar-refractivity contribution in [3.8, 4) is 40.0 Å². The molecule has 1 atom stereocenters. The minimum absolute atomic E-state index is 0.334. The Bertz CT molecular complexity index is 2110. The Kier molecular flexibility index (Phi) is 6.53. The van der Waals surface area contributed by atoms with Crippen LogP contribution in [0.2, 0.25) is 0 Å². The Labute approximate surface area is 250 Å². The number of carbonyl (C=O) groups excluding carboxylic acids is 1. The summed E-state index contributed by atoms with van der Waals surface area (Å²) in [7, 11) is 1.73. The number of nitrogens with zero attached hydrogens (tertiary/aromatic N) is 4. The molecule has 1 aliphatic rings. The van der Waals surface area contributed by atoms with Crippen molar-refractivity contribution in [1.82, 2.24) is 9.55 Å². The van der Waals surface area contributed by atoms with Gasteiger partial charge in [0.1, 0.15) is 23.4 Å². The largest absolute Gasteiger partial charge is 0.593 e. The van der Waals surface area contributed by atoms with Gasteiger partial charge in [0.25, 0.3) is 0 Å². The number of aryl methyl sites for hydroxylation is 2. The maximum Gasteiger partial charge on any atom is 0.154 e. The number of furan rings is 1. The highest BCUT2D eigenvalue weighted by atomic mass is 32.2. The fourth-order valence-electron chi connectivity index (χ4n) is 6.00. The summed E-state index contributed by atoms with van der Waals surface area (Å²) >= 11 is -1.36. The number of pyridine rings is 1. The van der Waals surface area contributed by atoms with Crippen LogP contribution in [-0.2, 0) is 24.3 Å². The quantitative estimate of drug-likeness (QED) is 0.155. The number of aromatic nitrogens is 2. The van der Waals surface area contributed by atoms with Crippen LogP contribution >= 0.6 is 0 Å². The van der Waals surface area contributed by atoms with E-state index in [1.54, 1.807) is 35.8 Å². The van der Waals surface area contributed by atoms with Crippen LogP contribution in [0.15, 0.2) is 77.2 Å². The Hall–Kier alpha value is -4.91. The molecule has 7 nitrogen and oxygen atoms in total. The zero-order valence-electron chi connectivity index (χ0n) is 23.4. The van der Waals surface area contributed by atoms with Gasteiger partial charge in [-0.15, -0.1) is 0 Å². The molecule has 0 amide bonds. The standard InChI is InChI=1S/C34H25FN4O3S/c1-38(43(2)41)30-17-32-25(27(19-40)34(42-32)21-8-11-23(35)12-9-21)15-26(30)28-13-10-20-6-4-14-39-29-7-3-5-22(18-36)24(29)16-31(39)33(20)37-28/h3,5,7-13,15-17,19H,4,6,14H2,1-2H3. The van der Waals surface area contributed by atoms with Crippen molar-refractivity contribution in [3.63, 3.8) is 0 Å². The molecule has 3 aromatic heterocycles. The topological polar surface area (TPSA) is 98.1 Å². The molecule has 0 radical (unpaired) electrons. The van der Waals surface area contributed by atoms with Crippen LogP contribution < -0.4 is 4.31 Å². The maximum atomic E-state index is 13.6. The first-order valence-electron chi connectivity index (χ1n) is 13.8. The van der Waals surface area contributed by atoms with E-state index >= 15 is 0 Å². The molecular formula is C34H25FN4O3S. The lowest BCUT2D eigenvalue weighted by molar-refractivity contribution is 0.112. The Morgan fingerprint density at radius 3 is 2.67 bits per heavy atom. The van der Waals surface area contributed by atoms with Crippen molar-refractivity contribution >= 4 is 45.2 Å². The number of rotatable bonds is 5. The highest BCUT2D eigenvalue weighted by molar-refractivity contribution is 7.92. The van der Waals surface area contributed by atoms with Crippen molar-refractivity contribution in [2.24, 2.45) is 0 Å². The van der Waals surface area contributed by atoms with Crippen LogP contribution in [0.3, 0.4) is 0 Å². The van der Waals surface area contributed by atoms with E-state index in [1.807, 2.05) is 36.4 Å². The van der Waals surface area contributed by atoms with Gasteiger partial charge >= 0.3 is 0 Å². The van der Waals surface area contributed by atoms with E-state index in [-0.39, 0.29) is 5.82 Å². The van der Waals surface area contributed by atoms with Crippen LogP contribution in [0.5, 0.6) is 0 Å². The van der Waals surface area contributed by atoms with Crippen LogP contribution in [-0.4, -0.2) is 33.7 Å². The lowest BCUT2D eigenvalue weighted by Gasteiger charge is -2.22. The summed E-state index contributed by atoms with van der Waals surface area (Å²) in [6.45, 7) is 0.804. The number of anilines is 1. The molecule has 212 valence electrons. The number of aldehydes is 1. The van der Waals surface area contributed by atoms with E-state index < -0.39 is 11.4 Å². The third kappa shape index (κ3) is 4.38. The molecule has 43 heavy (non-hydrogen) atoms. The SMILES string of the molecule is CN(c1cc2oc(-c3ccc(F)cc3)c(C=O)c2cc1-c1ccc2c(n1)-c1cc3c(C#N)cccc3n1CCC2)[S+](C)[O-]. The molecule has 0 aliphatic carbocycles. The van der Waals surface area contributed by atoms with Crippen molar-refractivity contribution in [2.45, 2.75) is 19.4 Å². The van der Waals surface area contributed by atoms with Gasteiger partial charge < -0.3 is 13.5 Å². The molecule has 9 heteroatoms. The predicted octanol–water partition coefficient (Wildman–Crippen LogP) is 7.28. The van der Waals surface area contributed by atoms with Gasteiger partial charge in [-0.3, -0.25) is 4.79 Å². The average molecular weight is 589 g/mol. The normalized spacial score (nSPS) is 13.3. The first kappa shape index (κ1) is 27.0.